The number of nitrogens with zero attached hydrogens (tertiary/aromatic N) is 2. The smallest absolute Gasteiger partial charge is 0.313 e. The van der Waals surface area contributed by atoms with E-state index in [-0.39, 0.29) is 6.04 Å². The first-order valence-corrected chi connectivity index (χ1v) is 7.95. The van der Waals surface area contributed by atoms with Gasteiger partial charge in [-0.1, -0.05) is 0 Å². The highest BCUT2D eigenvalue weighted by atomic mass is 16.5. The van der Waals surface area contributed by atoms with Crippen molar-refractivity contribution in [3.8, 4) is 6.07 Å². The molecule has 2 N–H and O–H groups in total. The molecule has 0 radical (unpaired) electrons. The number of rotatable bonds is 5. The second-order valence-electron chi connectivity index (χ2n) is 5.75. The molecule has 1 aliphatic rings. The quantitative estimate of drug-likeness (QED) is 0.776. The van der Waals surface area contributed by atoms with Crippen molar-refractivity contribution in [2.24, 2.45) is 0 Å². The predicted molar refractivity (Wildman–Crippen MR) is 89.3 cm³/mol. The number of amides is 2. The number of carbonyl (C=O) groups excluding carboxylic acids is 2. The summed E-state index contributed by atoms with van der Waals surface area (Å²) in [5.41, 5.74) is 0.982. The van der Waals surface area contributed by atoms with E-state index in [9.17, 15) is 9.59 Å². The van der Waals surface area contributed by atoms with Gasteiger partial charge in [-0.05, 0) is 43.7 Å². The maximum Gasteiger partial charge on any atom is 0.313 e. The molecule has 1 aromatic carbocycles. The Bertz CT molecular complexity index is 609. The zero-order chi connectivity index (χ0) is 17.4. The number of nitrogens with one attached hydrogen (secondary N) is 2. The number of likely N-dealkylation sites (tertiary alicyclic amines) is 1. The molecule has 0 aromatic heterocycles. The summed E-state index contributed by atoms with van der Waals surface area (Å²) in [4.78, 5) is 26.2. The van der Waals surface area contributed by atoms with Gasteiger partial charge in [0.05, 0.1) is 18.2 Å². The standard InChI is InChI=1S/C17H22N4O3/c1-24-10-9-21-8-2-3-15(12-21)20-17(23)16(22)19-14-6-4-13(11-18)5-7-14/h4-7,15H,2-3,8-10,12H2,1H3,(H,19,22)(H,20,23)/t15-/m1/s1. The molecule has 7 heteroatoms. The summed E-state index contributed by atoms with van der Waals surface area (Å²) in [6, 6.07) is 8.32. The summed E-state index contributed by atoms with van der Waals surface area (Å²) in [7, 11) is 1.66. The Morgan fingerprint density at radius 3 is 2.75 bits per heavy atom. The van der Waals surface area contributed by atoms with Crippen LogP contribution in [0.1, 0.15) is 18.4 Å². The van der Waals surface area contributed by atoms with Gasteiger partial charge in [0, 0.05) is 31.9 Å². The lowest BCUT2D eigenvalue weighted by atomic mass is 10.1. The van der Waals surface area contributed by atoms with Gasteiger partial charge in [-0.15, -0.1) is 0 Å². The maximum absolute atomic E-state index is 12.0. The zero-order valence-electron chi connectivity index (χ0n) is 13.7. The maximum atomic E-state index is 12.0. The number of piperidine rings is 1. The Morgan fingerprint density at radius 1 is 1.33 bits per heavy atom. The van der Waals surface area contributed by atoms with Gasteiger partial charge in [0.15, 0.2) is 0 Å². The molecular weight excluding hydrogens is 308 g/mol. The molecule has 1 aromatic rings. The average Bonchev–Trinajstić information content (AvgIpc) is 2.61. The molecule has 0 saturated carbocycles. The van der Waals surface area contributed by atoms with Crippen LogP contribution in [0.3, 0.4) is 0 Å². The van der Waals surface area contributed by atoms with E-state index >= 15 is 0 Å². The number of ether oxygens (including phenoxy) is 1. The topological polar surface area (TPSA) is 94.5 Å². The molecule has 0 bridgehead atoms. The average molecular weight is 330 g/mol. The monoisotopic (exact) mass is 330 g/mol. The predicted octanol–water partition coefficient (Wildman–Crippen LogP) is 0.724. The van der Waals surface area contributed by atoms with Crippen LogP contribution in [0.2, 0.25) is 0 Å². The number of nitriles is 1. The van der Waals surface area contributed by atoms with Crippen LogP contribution in [0.4, 0.5) is 5.69 Å². The van der Waals surface area contributed by atoms with Crippen LogP contribution in [0.5, 0.6) is 0 Å². The first-order chi connectivity index (χ1) is 11.6. The molecule has 0 aliphatic carbocycles. The number of carbonyl (C=O) groups is 2. The van der Waals surface area contributed by atoms with E-state index in [2.05, 4.69) is 15.5 Å². The van der Waals surface area contributed by atoms with E-state index in [1.807, 2.05) is 6.07 Å². The van der Waals surface area contributed by atoms with Gasteiger partial charge in [0.1, 0.15) is 0 Å². The summed E-state index contributed by atoms with van der Waals surface area (Å²) in [5.74, 6) is -1.34. The minimum atomic E-state index is -0.700. The highest BCUT2D eigenvalue weighted by molar-refractivity contribution is 6.39. The zero-order valence-corrected chi connectivity index (χ0v) is 13.7. The summed E-state index contributed by atoms with van der Waals surface area (Å²) >= 11 is 0. The summed E-state index contributed by atoms with van der Waals surface area (Å²) in [6.07, 6.45) is 1.84. The number of hydrogen-bond donors (Lipinski definition) is 2. The number of benzene rings is 1. The minimum absolute atomic E-state index is 0.0326. The molecule has 0 spiro atoms. The number of anilines is 1. The van der Waals surface area contributed by atoms with Crippen molar-refractivity contribution >= 4 is 17.5 Å². The Balaban J connectivity index is 1.82. The van der Waals surface area contributed by atoms with Gasteiger partial charge >= 0.3 is 11.8 Å². The van der Waals surface area contributed by atoms with E-state index in [0.29, 0.717) is 17.9 Å². The van der Waals surface area contributed by atoms with Crippen LogP contribution in [-0.2, 0) is 14.3 Å². The van der Waals surface area contributed by atoms with Gasteiger partial charge in [-0.25, -0.2) is 0 Å². The van der Waals surface area contributed by atoms with Crippen molar-refractivity contribution in [3.05, 3.63) is 29.8 Å². The van der Waals surface area contributed by atoms with E-state index in [1.54, 1.807) is 31.4 Å². The molecule has 1 heterocycles. The normalized spacial score (nSPS) is 17.8. The largest absolute Gasteiger partial charge is 0.383 e. The first-order valence-electron chi connectivity index (χ1n) is 7.95. The van der Waals surface area contributed by atoms with E-state index in [4.69, 9.17) is 10.00 Å². The number of hydrogen-bond acceptors (Lipinski definition) is 5. The SMILES string of the molecule is COCCN1CCC[C@@H](NC(=O)C(=O)Nc2ccc(C#N)cc2)C1. The van der Waals surface area contributed by atoms with Crippen molar-refractivity contribution in [2.45, 2.75) is 18.9 Å². The van der Waals surface area contributed by atoms with Crippen LogP contribution in [-0.4, -0.2) is 56.1 Å². The highest BCUT2D eigenvalue weighted by Crippen LogP contribution is 2.11. The lowest BCUT2D eigenvalue weighted by Crippen LogP contribution is -2.50. The lowest BCUT2D eigenvalue weighted by molar-refractivity contribution is -0.136. The van der Waals surface area contributed by atoms with Gasteiger partial charge in [0.2, 0.25) is 0 Å². The Hall–Kier alpha value is -2.43. The fourth-order valence-corrected chi connectivity index (χ4v) is 2.66. The fourth-order valence-electron chi connectivity index (χ4n) is 2.66. The van der Waals surface area contributed by atoms with Crippen molar-refractivity contribution < 1.29 is 14.3 Å². The molecule has 1 saturated heterocycles. The molecule has 1 aliphatic heterocycles. The summed E-state index contributed by atoms with van der Waals surface area (Å²) < 4.78 is 5.07. The van der Waals surface area contributed by atoms with Crippen LogP contribution in [0, 0.1) is 11.3 Å². The van der Waals surface area contributed by atoms with Gasteiger partial charge in [-0.2, -0.15) is 5.26 Å². The van der Waals surface area contributed by atoms with E-state index in [1.165, 1.54) is 0 Å². The summed E-state index contributed by atoms with van der Waals surface area (Å²) in [5, 5.41) is 14.1. The fraction of sp³-hybridized carbons (Fsp3) is 0.471. The van der Waals surface area contributed by atoms with Crippen molar-refractivity contribution in [1.29, 1.82) is 5.26 Å². The Labute approximate surface area is 141 Å². The molecular formula is C17H22N4O3. The Kier molecular flexibility index (Phi) is 6.73. The molecule has 1 fully saturated rings. The number of methoxy groups -OCH3 is 1. The van der Waals surface area contributed by atoms with Crippen LogP contribution < -0.4 is 10.6 Å². The highest BCUT2D eigenvalue weighted by Gasteiger charge is 2.23. The van der Waals surface area contributed by atoms with Gasteiger partial charge in [-0.3, -0.25) is 14.5 Å². The lowest BCUT2D eigenvalue weighted by Gasteiger charge is -2.32. The minimum Gasteiger partial charge on any atom is -0.383 e. The molecule has 7 nitrogen and oxygen atoms in total. The third-order valence-corrected chi connectivity index (χ3v) is 3.93. The Morgan fingerprint density at radius 2 is 2.08 bits per heavy atom. The summed E-state index contributed by atoms with van der Waals surface area (Å²) in [6.45, 7) is 3.17. The second-order valence-corrected chi connectivity index (χ2v) is 5.75. The van der Waals surface area contributed by atoms with Crippen molar-refractivity contribution in [1.82, 2.24) is 10.2 Å². The third-order valence-electron chi connectivity index (χ3n) is 3.93. The molecule has 2 rings (SSSR count). The first kappa shape index (κ1) is 17.9. The molecule has 2 amide bonds. The molecule has 24 heavy (non-hydrogen) atoms. The van der Waals surface area contributed by atoms with Gasteiger partial charge in [0.25, 0.3) is 0 Å². The van der Waals surface area contributed by atoms with Crippen molar-refractivity contribution in [2.75, 3.05) is 38.7 Å². The van der Waals surface area contributed by atoms with Crippen LogP contribution >= 0.6 is 0 Å². The van der Waals surface area contributed by atoms with Crippen LogP contribution in [0.15, 0.2) is 24.3 Å². The van der Waals surface area contributed by atoms with E-state index < -0.39 is 11.8 Å². The molecule has 128 valence electrons. The van der Waals surface area contributed by atoms with Gasteiger partial charge < -0.3 is 15.4 Å². The van der Waals surface area contributed by atoms with E-state index in [0.717, 1.165) is 32.5 Å². The van der Waals surface area contributed by atoms with Crippen molar-refractivity contribution in [3.63, 3.8) is 0 Å². The third kappa shape index (κ3) is 5.33. The second kappa shape index (κ2) is 9.01. The van der Waals surface area contributed by atoms with Crippen LogP contribution in [0.25, 0.3) is 0 Å². The molecule has 0 unspecified atom stereocenters. The molecule has 1 atom stereocenters.